The predicted octanol–water partition coefficient (Wildman–Crippen LogP) is 6.34. The fourth-order valence-electron chi connectivity index (χ4n) is 2.65. The van der Waals surface area contributed by atoms with Crippen LogP contribution in [0.3, 0.4) is 0 Å². The minimum atomic E-state index is -2.08. The van der Waals surface area contributed by atoms with Gasteiger partial charge in [0, 0.05) is 0 Å². The second-order valence-electron chi connectivity index (χ2n) is 5.60. The third kappa shape index (κ3) is 8.30. The van der Waals surface area contributed by atoms with Crippen LogP contribution >= 0.6 is 22.6 Å². The summed E-state index contributed by atoms with van der Waals surface area (Å²) < 4.78 is 11.7. The quantitative estimate of drug-likeness (QED) is 0.231. The first kappa shape index (κ1) is 20.2. The van der Waals surface area contributed by atoms with E-state index in [2.05, 4.69) is 49.4 Å². The number of hydrogen-bond acceptors (Lipinski definition) is 1. The van der Waals surface area contributed by atoms with Gasteiger partial charge in [-0.3, -0.25) is 0 Å². The van der Waals surface area contributed by atoms with Crippen molar-refractivity contribution in [3.63, 3.8) is 0 Å². The number of unbranched alkanes of at least 4 members (excludes halogenated alkanes) is 3. The number of methoxy groups -OCH3 is 1. The summed E-state index contributed by atoms with van der Waals surface area (Å²) in [4.78, 5) is 0. The molecule has 0 saturated carbocycles. The Kier molecular flexibility index (Phi) is 13.8. The zero-order valence-electron chi connectivity index (χ0n) is 13.4. The first-order valence-corrected chi connectivity index (χ1v) is 16.6. The maximum absolute atomic E-state index is 5.27. The van der Waals surface area contributed by atoms with Crippen LogP contribution in [0.15, 0.2) is 7.67 Å². The van der Waals surface area contributed by atoms with E-state index in [1.54, 1.807) is 14.9 Å². The Morgan fingerprint density at radius 2 is 1.37 bits per heavy atom. The normalized spacial score (nSPS) is 13.0. The molecule has 0 aromatic carbocycles. The van der Waals surface area contributed by atoms with E-state index in [4.69, 9.17) is 4.74 Å². The molecular formula is C16H33IOSn. The summed E-state index contributed by atoms with van der Waals surface area (Å²) in [5.74, 6) is 0. The Hall–Kier alpha value is 1.23. The standard InChI is InChI=1S/C4H6IO.3C4H9.Sn/c1-6-4-2-3-5;3*1-3-4-2;/h2H,4H2,1H3;3*1,3-4H2,2H3;. The molecule has 114 valence electrons. The van der Waals surface area contributed by atoms with Gasteiger partial charge in [-0.2, -0.15) is 0 Å². The Morgan fingerprint density at radius 3 is 1.68 bits per heavy atom. The van der Waals surface area contributed by atoms with Crippen molar-refractivity contribution in [1.29, 1.82) is 0 Å². The predicted molar refractivity (Wildman–Crippen MR) is 98.9 cm³/mol. The third-order valence-electron chi connectivity index (χ3n) is 3.96. The summed E-state index contributed by atoms with van der Waals surface area (Å²) in [5, 5.41) is 0. The minimum absolute atomic E-state index is 0.807. The summed E-state index contributed by atoms with van der Waals surface area (Å²) >= 11 is 0.590. The van der Waals surface area contributed by atoms with Gasteiger partial charge in [0.15, 0.2) is 0 Å². The molecule has 0 rings (SSSR count). The van der Waals surface area contributed by atoms with Gasteiger partial charge in [0.25, 0.3) is 0 Å². The van der Waals surface area contributed by atoms with Crippen LogP contribution in [0.4, 0.5) is 0 Å². The van der Waals surface area contributed by atoms with Crippen LogP contribution in [-0.2, 0) is 4.74 Å². The summed E-state index contributed by atoms with van der Waals surface area (Å²) in [5.41, 5.74) is 0. The average Bonchev–Trinajstić information content (AvgIpc) is 2.44. The van der Waals surface area contributed by atoms with Crippen molar-refractivity contribution in [3.8, 4) is 0 Å². The van der Waals surface area contributed by atoms with Crippen LogP contribution in [0.2, 0.25) is 13.3 Å². The molecule has 0 aliphatic carbocycles. The fourth-order valence-corrected chi connectivity index (χ4v) is 22.7. The second kappa shape index (κ2) is 12.9. The molecule has 0 unspecified atom stereocenters. The van der Waals surface area contributed by atoms with Gasteiger partial charge in [0.1, 0.15) is 0 Å². The Balaban J connectivity index is 4.95. The van der Waals surface area contributed by atoms with E-state index in [-0.39, 0.29) is 0 Å². The first-order chi connectivity index (χ1) is 9.16. The first-order valence-electron chi connectivity index (χ1n) is 8.01. The van der Waals surface area contributed by atoms with Gasteiger partial charge in [-0.15, -0.1) is 0 Å². The van der Waals surface area contributed by atoms with E-state index in [0.29, 0.717) is 0 Å². The Morgan fingerprint density at radius 1 is 0.947 bits per heavy atom. The second-order valence-corrected chi connectivity index (χ2v) is 22.8. The van der Waals surface area contributed by atoms with Crippen LogP contribution in [0.25, 0.3) is 0 Å². The van der Waals surface area contributed by atoms with Crippen molar-refractivity contribution in [2.75, 3.05) is 13.7 Å². The van der Waals surface area contributed by atoms with Crippen LogP contribution in [0, 0.1) is 0 Å². The molecule has 0 aliphatic rings. The molecular weight excluding hydrogens is 454 g/mol. The van der Waals surface area contributed by atoms with Gasteiger partial charge in [0.2, 0.25) is 0 Å². The van der Waals surface area contributed by atoms with Crippen molar-refractivity contribution >= 4 is 41.0 Å². The molecule has 0 heterocycles. The number of rotatable bonds is 12. The molecule has 0 aromatic heterocycles. The van der Waals surface area contributed by atoms with Crippen LogP contribution in [0.5, 0.6) is 0 Å². The number of hydrogen-bond donors (Lipinski definition) is 0. The van der Waals surface area contributed by atoms with Crippen LogP contribution < -0.4 is 0 Å². The topological polar surface area (TPSA) is 9.23 Å². The molecule has 19 heavy (non-hydrogen) atoms. The molecule has 0 aromatic rings. The molecule has 0 aliphatic heterocycles. The van der Waals surface area contributed by atoms with Crippen molar-refractivity contribution < 1.29 is 4.74 Å². The molecule has 0 spiro atoms. The Labute approximate surface area is 139 Å². The zero-order valence-corrected chi connectivity index (χ0v) is 18.4. The summed E-state index contributed by atoms with van der Waals surface area (Å²) in [6.07, 6.45) is 10.8. The summed E-state index contributed by atoms with van der Waals surface area (Å²) in [7, 11) is 1.81. The van der Waals surface area contributed by atoms with E-state index in [0.717, 1.165) is 6.61 Å². The molecule has 0 fully saturated rings. The Bertz CT molecular complexity index is 219. The van der Waals surface area contributed by atoms with Crippen molar-refractivity contribution in [3.05, 3.63) is 7.67 Å². The average molecular weight is 487 g/mol. The molecule has 0 radical (unpaired) electrons. The van der Waals surface area contributed by atoms with Crippen molar-refractivity contribution in [2.45, 2.75) is 72.6 Å². The van der Waals surface area contributed by atoms with Gasteiger partial charge >= 0.3 is 140 Å². The van der Waals surface area contributed by atoms with Gasteiger partial charge in [-0.1, -0.05) is 0 Å². The summed E-state index contributed by atoms with van der Waals surface area (Å²) in [6.45, 7) is 7.81. The molecule has 0 saturated heterocycles. The van der Waals surface area contributed by atoms with Gasteiger partial charge in [0.05, 0.1) is 0 Å². The van der Waals surface area contributed by atoms with Crippen molar-refractivity contribution in [2.24, 2.45) is 0 Å². The van der Waals surface area contributed by atoms with Crippen molar-refractivity contribution in [1.82, 2.24) is 0 Å². The van der Waals surface area contributed by atoms with E-state index in [1.165, 1.54) is 38.5 Å². The van der Waals surface area contributed by atoms with E-state index < -0.39 is 18.4 Å². The monoisotopic (exact) mass is 488 g/mol. The van der Waals surface area contributed by atoms with E-state index in [9.17, 15) is 0 Å². The van der Waals surface area contributed by atoms with Gasteiger partial charge < -0.3 is 0 Å². The molecule has 1 nitrogen and oxygen atoms in total. The molecule has 0 bridgehead atoms. The molecule has 0 N–H and O–H groups in total. The number of ether oxygens (including phenoxy) is 1. The molecule has 0 amide bonds. The van der Waals surface area contributed by atoms with Gasteiger partial charge in [-0.05, 0) is 0 Å². The number of halogens is 1. The fraction of sp³-hybridized carbons (Fsp3) is 0.875. The van der Waals surface area contributed by atoms with Crippen LogP contribution in [0.1, 0.15) is 59.3 Å². The summed E-state index contributed by atoms with van der Waals surface area (Å²) in [6, 6.07) is 0. The van der Waals surface area contributed by atoms with Gasteiger partial charge in [-0.25, -0.2) is 0 Å². The molecule has 3 heteroatoms. The zero-order chi connectivity index (χ0) is 14.6. The molecule has 0 atom stereocenters. The van der Waals surface area contributed by atoms with Crippen LogP contribution in [-0.4, -0.2) is 32.1 Å². The SMILES string of the molecule is CCC[CH2][Sn]([CH2]CCC)([CH2]CCC)/[C](I)=C\COC. The maximum atomic E-state index is 5.27. The van der Waals surface area contributed by atoms with E-state index >= 15 is 0 Å². The third-order valence-corrected chi connectivity index (χ3v) is 26.8. The van der Waals surface area contributed by atoms with E-state index in [1.807, 2.05) is 7.11 Å².